The Morgan fingerprint density at radius 1 is 1.20 bits per heavy atom. The number of anilines is 1. The Kier molecular flexibility index (Phi) is 4.10. The summed E-state index contributed by atoms with van der Waals surface area (Å²) >= 11 is 0. The number of benzene rings is 2. The molecule has 2 aromatic carbocycles. The van der Waals surface area contributed by atoms with Gasteiger partial charge >= 0.3 is 0 Å². The van der Waals surface area contributed by atoms with Crippen molar-refractivity contribution in [1.82, 2.24) is 0 Å². The maximum Gasteiger partial charge on any atom is 0.271 e. The molecule has 1 N–H and O–H groups in total. The van der Waals surface area contributed by atoms with Gasteiger partial charge in [-0.2, -0.15) is 5.10 Å². The van der Waals surface area contributed by atoms with Crippen molar-refractivity contribution in [3.8, 4) is 0 Å². The normalized spacial score (nSPS) is 10.7. The topological polar surface area (TPSA) is 67.5 Å². The highest BCUT2D eigenvalue weighted by Crippen LogP contribution is 2.17. The molecule has 0 heterocycles. The fourth-order valence-corrected chi connectivity index (χ4v) is 1.76. The number of nitrogens with one attached hydrogen (secondary N) is 1. The summed E-state index contributed by atoms with van der Waals surface area (Å²) in [5.41, 5.74) is 6.72. The highest BCUT2D eigenvalue weighted by Gasteiger charge is 2.04. The van der Waals surface area contributed by atoms with Crippen LogP contribution in [0.4, 0.5) is 11.4 Å². The molecule has 2 rings (SSSR count). The van der Waals surface area contributed by atoms with Crippen LogP contribution in [-0.2, 0) is 0 Å². The molecule has 0 spiro atoms. The van der Waals surface area contributed by atoms with Gasteiger partial charge in [-0.15, -0.1) is 0 Å². The number of aryl methyl sites for hydroxylation is 2. The molecular weight excluding hydrogens is 254 g/mol. The lowest BCUT2D eigenvalue weighted by Crippen LogP contribution is -1.94. The van der Waals surface area contributed by atoms with Gasteiger partial charge in [-0.25, -0.2) is 0 Å². The molecule has 0 amide bonds. The van der Waals surface area contributed by atoms with Crippen molar-refractivity contribution in [2.75, 3.05) is 5.43 Å². The van der Waals surface area contributed by atoms with Crippen LogP contribution < -0.4 is 5.43 Å². The summed E-state index contributed by atoms with van der Waals surface area (Å²) in [6.07, 6.45) is 1.71. The van der Waals surface area contributed by atoms with Crippen molar-refractivity contribution >= 4 is 17.6 Å². The molecule has 20 heavy (non-hydrogen) atoms. The van der Waals surface area contributed by atoms with E-state index >= 15 is 0 Å². The molecule has 2 aromatic rings. The summed E-state index contributed by atoms with van der Waals surface area (Å²) in [4.78, 5) is 10.2. The molecular formula is C15H15N3O2. The van der Waals surface area contributed by atoms with Crippen LogP contribution in [0, 0.1) is 24.0 Å². The Labute approximate surface area is 117 Å². The standard InChI is InChI=1S/C15H15N3O2/c1-11-6-7-12(2)13(8-11)10-16-17-14-4-3-5-15(9-14)18(19)20/h3-10,17H,1-2H3/b16-10-. The Hall–Kier alpha value is -2.69. The number of nitro benzene ring substituents is 1. The summed E-state index contributed by atoms with van der Waals surface area (Å²) in [6, 6.07) is 12.3. The van der Waals surface area contributed by atoms with Crippen LogP contribution in [-0.4, -0.2) is 11.1 Å². The maximum atomic E-state index is 10.7. The number of hydrazone groups is 1. The SMILES string of the molecule is Cc1ccc(C)c(/C=N\Nc2cccc([N+](=O)[O-])c2)c1. The summed E-state index contributed by atoms with van der Waals surface area (Å²) in [5.74, 6) is 0. The van der Waals surface area contributed by atoms with Gasteiger partial charge in [0.15, 0.2) is 0 Å². The fourth-order valence-electron chi connectivity index (χ4n) is 1.76. The van der Waals surface area contributed by atoms with E-state index in [1.54, 1.807) is 18.3 Å². The van der Waals surface area contributed by atoms with Crippen LogP contribution >= 0.6 is 0 Å². The third kappa shape index (κ3) is 3.41. The summed E-state index contributed by atoms with van der Waals surface area (Å²) in [5, 5.41) is 14.8. The summed E-state index contributed by atoms with van der Waals surface area (Å²) in [7, 11) is 0. The van der Waals surface area contributed by atoms with Crippen LogP contribution in [0.2, 0.25) is 0 Å². The van der Waals surface area contributed by atoms with Crippen molar-refractivity contribution in [3.05, 3.63) is 69.3 Å². The number of nitro groups is 1. The highest BCUT2D eigenvalue weighted by atomic mass is 16.6. The lowest BCUT2D eigenvalue weighted by Gasteiger charge is -2.02. The molecule has 0 aliphatic heterocycles. The van der Waals surface area contributed by atoms with E-state index in [9.17, 15) is 10.1 Å². The van der Waals surface area contributed by atoms with Crippen LogP contribution in [0.3, 0.4) is 0 Å². The van der Waals surface area contributed by atoms with E-state index in [1.165, 1.54) is 12.1 Å². The average Bonchev–Trinajstić information content (AvgIpc) is 2.43. The van der Waals surface area contributed by atoms with Crippen LogP contribution in [0.5, 0.6) is 0 Å². The molecule has 102 valence electrons. The van der Waals surface area contributed by atoms with E-state index < -0.39 is 4.92 Å². The molecule has 0 aliphatic rings. The largest absolute Gasteiger partial charge is 0.278 e. The molecule has 0 aliphatic carbocycles. The number of nitrogens with zero attached hydrogens (tertiary/aromatic N) is 2. The smallest absolute Gasteiger partial charge is 0.271 e. The molecule has 0 aromatic heterocycles. The van der Waals surface area contributed by atoms with Gasteiger partial charge in [-0.1, -0.05) is 29.8 Å². The minimum atomic E-state index is -0.431. The fraction of sp³-hybridized carbons (Fsp3) is 0.133. The third-order valence-electron chi connectivity index (χ3n) is 2.89. The second-order valence-corrected chi connectivity index (χ2v) is 4.54. The van der Waals surface area contributed by atoms with E-state index in [4.69, 9.17) is 0 Å². The summed E-state index contributed by atoms with van der Waals surface area (Å²) in [6.45, 7) is 4.03. The zero-order chi connectivity index (χ0) is 14.5. The van der Waals surface area contributed by atoms with Gasteiger partial charge in [0.05, 0.1) is 16.8 Å². The number of hydrogen-bond acceptors (Lipinski definition) is 4. The first-order valence-electron chi connectivity index (χ1n) is 6.17. The van der Waals surface area contributed by atoms with Gasteiger partial charge in [0, 0.05) is 12.1 Å². The van der Waals surface area contributed by atoms with Crippen molar-refractivity contribution in [2.45, 2.75) is 13.8 Å². The lowest BCUT2D eigenvalue weighted by atomic mass is 10.1. The highest BCUT2D eigenvalue weighted by molar-refractivity contribution is 5.82. The molecule has 0 atom stereocenters. The first kappa shape index (κ1) is 13.7. The number of non-ortho nitro benzene ring substituents is 1. The Morgan fingerprint density at radius 3 is 2.75 bits per heavy atom. The molecule has 0 fully saturated rings. The first-order chi connectivity index (χ1) is 9.56. The van der Waals surface area contributed by atoms with Gasteiger partial charge in [-0.3, -0.25) is 15.5 Å². The van der Waals surface area contributed by atoms with Gasteiger partial charge in [0.25, 0.3) is 5.69 Å². The number of rotatable bonds is 4. The maximum absolute atomic E-state index is 10.7. The average molecular weight is 269 g/mol. The molecule has 0 saturated heterocycles. The Morgan fingerprint density at radius 2 is 2.00 bits per heavy atom. The quantitative estimate of drug-likeness (QED) is 0.523. The van der Waals surface area contributed by atoms with E-state index in [0.29, 0.717) is 5.69 Å². The Balaban J connectivity index is 2.12. The zero-order valence-corrected chi connectivity index (χ0v) is 11.3. The Bertz CT molecular complexity index is 666. The van der Waals surface area contributed by atoms with E-state index in [1.807, 2.05) is 32.0 Å². The van der Waals surface area contributed by atoms with Crippen LogP contribution in [0.15, 0.2) is 47.6 Å². The molecule has 0 saturated carbocycles. The molecule has 5 nitrogen and oxygen atoms in total. The minimum Gasteiger partial charge on any atom is -0.278 e. The molecule has 0 radical (unpaired) electrons. The van der Waals surface area contributed by atoms with Gasteiger partial charge < -0.3 is 0 Å². The second-order valence-electron chi connectivity index (χ2n) is 4.54. The van der Waals surface area contributed by atoms with Crippen LogP contribution in [0.25, 0.3) is 0 Å². The monoisotopic (exact) mass is 269 g/mol. The molecule has 0 unspecified atom stereocenters. The second kappa shape index (κ2) is 5.97. The zero-order valence-electron chi connectivity index (χ0n) is 11.3. The van der Waals surface area contributed by atoms with Gasteiger partial charge in [0.2, 0.25) is 0 Å². The van der Waals surface area contributed by atoms with E-state index in [2.05, 4.69) is 10.5 Å². The van der Waals surface area contributed by atoms with Gasteiger partial charge in [-0.05, 0) is 31.0 Å². The first-order valence-corrected chi connectivity index (χ1v) is 6.17. The van der Waals surface area contributed by atoms with Crippen LogP contribution in [0.1, 0.15) is 16.7 Å². The summed E-state index contributed by atoms with van der Waals surface area (Å²) < 4.78 is 0. The lowest BCUT2D eigenvalue weighted by molar-refractivity contribution is -0.384. The van der Waals surface area contributed by atoms with E-state index in [0.717, 1.165) is 16.7 Å². The molecule has 5 heteroatoms. The van der Waals surface area contributed by atoms with Crippen molar-refractivity contribution in [1.29, 1.82) is 0 Å². The van der Waals surface area contributed by atoms with Crippen molar-refractivity contribution in [3.63, 3.8) is 0 Å². The van der Waals surface area contributed by atoms with Gasteiger partial charge in [0.1, 0.15) is 0 Å². The van der Waals surface area contributed by atoms with E-state index in [-0.39, 0.29) is 5.69 Å². The van der Waals surface area contributed by atoms with Crippen molar-refractivity contribution < 1.29 is 4.92 Å². The minimum absolute atomic E-state index is 0.0388. The number of hydrogen-bond donors (Lipinski definition) is 1. The predicted octanol–water partition coefficient (Wildman–Crippen LogP) is 3.66. The molecule has 0 bridgehead atoms. The predicted molar refractivity (Wildman–Crippen MR) is 80.2 cm³/mol. The third-order valence-corrected chi connectivity index (χ3v) is 2.89. The van der Waals surface area contributed by atoms with Crippen molar-refractivity contribution in [2.24, 2.45) is 5.10 Å².